The standard InChI is InChI=1S/C12H14N6O3/c1-8-11(12(19)14-6-5-13)15-16-17(8)9-3-2-4-10(7-9)18(20)21/h2-4,7H,5-6,13H2,1H3,(H,14,19). The molecule has 21 heavy (non-hydrogen) atoms. The van der Waals surface area contributed by atoms with E-state index in [0.717, 1.165) is 0 Å². The number of nitro groups is 1. The minimum atomic E-state index is -0.495. The molecule has 0 spiro atoms. The van der Waals surface area contributed by atoms with Gasteiger partial charge < -0.3 is 11.1 Å². The van der Waals surface area contributed by atoms with Crippen molar-refractivity contribution in [2.24, 2.45) is 5.73 Å². The molecule has 0 saturated carbocycles. The van der Waals surface area contributed by atoms with E-state index in [1.54, 1.807) is 19.1 Å². The summed E-state index contributed by atoms with van der Waals surface area (Å²) >= 11 is 0. The molecule has 3 N–H and O–H groups in total. The maximum absolute atomic E-state index is 11.9. The van der Waals surface area contributed by atoms with Crippen LogP contribution < -0.4 is 11.1 Å². The molecule has 0 saturated heterocycles. The molecule has 0 atom stereocenters. The number of aromatic nitrogens is 3. The second-order valence-electron chi connectivity index (χ2n) is 4.26. The number of nitrogens with zero attached hydrogens (tertiary/aromatic N) is 4. The smallest absolute Gasteiger partial charge is 0.273 e. The van der Waals surface area contributed by atoms with Gasteiger partial charge in [-0.05, 0) is 13.0 Å². The minimum absolute atomic E-state index is 0.0588. The minimum Gasteiger partial charge on any atom is -0.349 e. The Labute approximate surface area is 119 Å². The summed E-state index contributed by atoms with van der Waals surface area (Å²) in [6.45, 7) is 2.32. The predicted molar refractivity (Wildman–Crippen MR) is 74.1 cm³/mol. The van der Waals surface area contributed by atoms with Crippen LogP contribution in [0.5, 0.6) is 0 Å². The number of nitrogens with one attached hydrogen (secondary N) is 1. The van der Waals surface area contributed by atoms with Crippen molar-refractivity contribution in [1.29, 1.82) is 0 Å². The highest BCUT2D eigenvalue weighted by atomic mass is 16.6. The molecule has 9 heteroatoms. The monoisotopic (exact) mass is 290 g/mol. The third-order valence-electron chi connectivity index (χ3n) is 2.82. The normalized spacial score (nSPS) is 10.4. The fourth-order valence-electron chi connectivity index (χ4n) is 1.79. The van der Waals surface area contributed by atoms with E-state index in [1.165, 1.54) is 16.8 Å². The van der Waals surface area contributed by atoms with Crippen LogP contribution in [0, 0.1) is 17.0 Å². The Bertz CT molecular complexity index is 681. The summed E-state index contributed by atoms with van der Waals surface area (Å²) in [5.41, 5.74) is 6.37. The van der Waals surface area contributed by atoms with Crippen molar-refractivity contribution < 1.29 is 9.72 Å². The molecule has 0 unspecified atom stereocenters. The third-order valence-corrected chi connectivity index (χ3v) is 2.82. The van der Waals surface area contributed by atoms with Gasteiger partial charge in [-0.2, -0.15) is 0 Å². The molecule has 1 aromatic carbocycles. The van der Waals surface area contributed by atoms with E-state index < -0.39 is 4.92 Å². The summed E-state index contributed by atoms with van der Waals surface area (Å²) in [7, 11) is 0. The van der Waals surface area contributed by atoms with Crippen molar-refractivity contribution in [3.63, 3.8) is 0 Å². The summed E-state index contributed by atoms with van der Waals surface area (Å²) in [6.07, 6.45) is 0. The molecule has 1 amide bonds. The summed E-state index contributed by atoms with van der Waals surface area (Å²) in [4.78, 5) is 22.1. The maximum Gasteiger partial charge on any atom is 0.273 e. The van der Waals surface area contributed by atoms with Crippen LogP contribution in [0.25, 0.3) is 5.69 Å². The average molecular weight is 290 g/mol. The van der Waals surface area contributed by atoms with Crippen LogP contribution in [-0.4, -0.2) is 38.9 Å². The van der Waals surface area contributed by atoms with Crippen molar-refractivity contribution in [3.8, 4) is 5.69 Å². The molecule has 0 aliphatic heterocycles. The highest BCUT2D eigenvalue weighted by Crippen LogP contribution is 2.18. The molecular formula is C12H14N6O3. The van der Waals surface area contributed by atoms with Crippen LogP contribution in [-0.2, 0) is 0 Å². The Hall–Kier alpha value is -2.81. The molecule has 1 heterocycles. The van der Waals surface area contributed by atoms with E-state index in [9.17, 15) is 14.9 Å². The van der Waals surface area contributed by atoms with Gasteiger partial charge in [0.1, 0.15) is 0 Å². The summed E-state index contributed by atoms with van der Waals surface area (Å²) in [6, 6.07) is 5.94. The van der Waals surface area contributed by atoms with E-state index in [0.29, 0.717) is 24.5 Å². The zero-order valence-corrected chi connectivity index (χ0v) is 11.3. The van der Waals surface area contributed by atoms with E-state index in [4.69, 9.17) is 5.73 Å². The molecule has 0 fully saturated rings. The fraction of sp³-hybridized carbons (Fsp3) is 0.250. The highest BCUT2D eigenvalue weighted by molar-refractivity contribution is 5.93. The number of hydrogen-bond acceptors (Lipinski definition) is 6. The lowest BCUT2D eigenvalue weighted by molar-refractivity contribution is -0.384. The van der Waals surface area contributed by atoms with Crippen LogP contribution in [0.3, 0.4) is 0 Å². The topological polar surface area (TPSA) is 129 Å². The van der Waals surface area contributed by atoms with Crippen molar-refractivity contribution in [2.45, 2.75) is 6.92 Å². The molecule has 9 nitrogen and oxygen atoms in total. The van der Waals surface area contributed by atoms with Crippen molar-refractivity contribution in [1.82, 2.24) is 20.3 Å². The molecule has 0 aliphatic carbocycles. The highest BCUT2D eigenvalue weighted by Gasteiger charge is 2.17. The number of rotatable bonds is 5. The number of nitro benzene ring substituents is 1. The van der Waals surface area contributed by atoms with Gasteiger partial charge in [-0.25, -0.2) is 4.68 Å². The van der Waals surface area contributed by atoms with Gasteiger partial charge in [0, 0.05) is 25.2 Å². The zero-order chi connectivity index (χ0) is 15.4. The Morgan fingerprint density at radius 2 is 2.29 bits per heavy atom. The fourth-order valence-corrected chi connectivity index (χ4v) is 1.79. The molecular weight excluding hydrogens is 276 g/mol. The van der Waals surface area contributed by atoms with Crippen LogP contribution in [0.1, 0.15) is 16.2 Å². The predicted octanol–water partition coefficient (Wildman–Crippen LogP) is 0.172. The second-order valence-corrected chi connectivity index (χ2v) is 4.26. The SMILES string of the molecule is Cc1c(C(=O)NCCN)nnn1-c1cccc([N+](=O)[O-])c1. The molecule has 0 radical (unpaired) electrons. The van der Waals surface area contributed by atoms with Crippen molar-refractivity contribution in [2.75, 3.05) is 13.1 Å². The second kappa shape index (κ2) is 6.09. The first-order valence-electron chi connectivity index (χ1n) is 6.20. The van der Waals surface area contributed by atoms with Gasteiger partial charge in [-0.3, -0.25) is 14.9 Å². The summed E-state index contributed by atoms with van der Waals surface area (Å²) in [5, 5.41) is 21.1. The van der Waals surface area contributed by atoms with Crippen molar-refractivity contribution in [3.05, 3.63) is 45.8 Å². The summed E-state index contributed by atoms with van der Waals surface area (Å²) in [5.74, 6) is -0.380. The Morgan fingerprint density at radius 3 is 2.95 bits per heavy atom. The number of amides is 1. The Balaban J connectivity index is 2.34. The number of nitrogens with two attached hydrogens (primary N) is 1. The molecule has 0 bridgehead atoms. The summed E-state index contributed by atoms with van der Waals surface area (Å²) < 4.78 is 1.38. The van der Waals surface area contributed by atoms with Gasteiger partial charge >= 0.3 is 0 Å². The average Bonchev–Trinajstić information content (AvgIpc) is 2.86. The number of non-ortho nitro benzene ring substituents is 1. The first-order chi connectivity index (χ1) is 10.0. The van der Waals surface area contributed by atoms with Gasteiger partial charge in [-0.1, -0.05) is 11.3 Å². The van der Waals surface area contributed by atoms with Gasteiger partial charge in [0.05, 0.1) is 16.3 Å². The quantitative estimate of drug-likeness (QED) is 0.596. The first kappa shape index (κ1) is 14.6. The van der Waals surface area contributed by atoms with E-state index in [2.05, 4.69) is 15.6 Å². The maximum atomic E-state index is 11.9. The number of benzene rings is 1. The van der Waals surface area contributed by atoms with Crippen LogP contribution in [0.2, 0.25) is 0 Å². The van der Waals surface area contributed by atoms with E-state index in [1.807, 2.05) is 0 Å². The van der Waals surface area contributed by atoms with Gasteiger partial charge in [0.15, 0.2) is 5.69 Å². The Kier molecular flexibility index (Phi) is 4.24. The van der Waals surface area contributed by atoms with Crippen molar-refractivity contribution >= 4 is 11.6 Å². The van der Waals surface area contributed by atoms with Gasteiger partial charge in [0.25, 0.3) is 11.6 Å². The number of carbonyl (C=O) groups excluding carboxylic acids is 1. The lowest BCUT2D eigenvalue weighted by Crippen LogP contribution is -2.29. The lowest BCUT2D eigenvalue weighted by atomic mass is 10.2. The molecule has 2 aromatic rings. The largest absolute Gasteiger partial charge is 0.349 e. The van der Waals surface area contributed by atoms with E-state index in [-0.39, 0.29) is 17.3 Å². The van der Waals surface area contributed by atoms with Crippen LogP contribution in [0.15, 0.2) is 24.3 Å². The van der Waals surface area contributed by atoms with Crippen LogP contribution >= 0.6 is 0 Å². The van der Waals surface area contributed by atoms with Gasteiger partial charge in [0.2, 0.25) is 0 Å². The van der Waals surface area contributed by atoms with Crippen LogP contribution in [0.4, 0.5) is 5.69 Å². The van der Waals surface area contributed by atoms with E-state index >= 15 is 0 Å². The molecule has 1 aromatic heterocycles. The molecule has 0 aliphatic rings. The first-order valence-corrected chi connectivity index (χ1v) is 6.20. The molecule has 110 valence electrons. The van der Waals surface area contributed by atoms with Gasteiger partial charge in [-0.15, -0.1) is 5.10 Å². The zero-order valence-electron chi connectivity index (χ0n) is 11.3. The number of hydrogen-bond donors (Lipinski definition) is 2. The lowest BCUT2D eigenvalue weighted by Gasteiger charge is -2.04. The molecule has 2 rings (SSSR count). The third kappa shape index (κ3) is 3.03. The number of carbonyl (C=O) groups is 1. The Morgan fingerprint density at radius 1 is 1.52 bits per heavy atom.